The smallest absolute Gasteiger partial charge is 0.172 e. The predicted octanol–water partition coefficient (Wildman–Crippen LogP) is 7.15. The molecule has 0 amide bonds. The predicted molar refractivity (Wildman–Crippen MR) is 164 cm³/mol. The minimum Gasteiger partial charge on any atom is -0.390 e. The summed E-state index contributed by atoms with van der Waals surface area (Å²) in [5.41, 5.74) is 9.90. The van der Waals surface area contributed by atoms with Crippen LogP contribution in [-0.4, -0.2) is 66.3 Å². The number of nitrogens with zero attached hydrogens (tertiary/aromatic N) is 3. The van der Waals surface area contributed by atoms with Gasteiger partial charge in [-0.05, 0) is 23.9 Å². The molecule has 2 bridgehead atoms. The number of aliphatic hydroxyl groups excluding tert-OH is 2. The Hall–Kier alpha value is -1.97. The van der Waals surface area contributed by atoms with Gasteiger partial charge in [-0.15, -0.1) is 6.58 Å². The molecule has 0 radical (unpaired) electrons. The van der Waals surface area contributed by atoms with E-state index in [1.54, 1.807) is 6.08 Å². The third-order valence-corrected chi connectivity index (χ3v) is 8.30. The maximum absolute atomic E-state index is 10.2. The van der Waals surface area contributed by atoms with Crippen LogP contribution < -0.4 is 0 Å². The fraction of sp³-hybridized carbons (Fsp3) is 0.758. The Morgan fingerprint density at radius 3 is 2.12 bits per heavy atom. The van der Waals surface area contributed by atoms with Gasteiger partial charge in [-0.2, -0.15) is 0 Å². The SMILES string of the molecule is C=C[C@H]1O[C@]2(CCCCCCCCCCCCCCCOC[C@@H](COCc3ccccc3)N=[N+]=[N-])C[C@H](O)[C@@H](O)[C@H]1O2. The van der Waals surface area contributed by atoms with Crippen molar-refractivity contribution in [2.75, 3.05) is 19.8 Å². The van der Waals surface area contributed by atoms with Crippen molar-refractivity contribution in [3.05, 3.63) is 59.0 Å². The van der Waals surface area contributed by atoms with Gasteiger partial charge in [0.05, 0.1) is 32.0 Å². The Morgan fingerprint density at radius 2 is 1.50 bits per heavy atom. The van der Waals surface area contributed by atoms with Crippen molar-refractivity contribution in [1.82, 2.24) is 0 Å². The molecule has 2 aliphatic heterocycles. The van der Waals surface area contributed by atoms with Gasteiger partial charge in [-0.1, -0.05) is 112 Å². The summed E-state index contributed by atoms with van der Waals surface area (Å²) >= 11 is 0. The number of fused-ring (bicyclic) bond motifs is 2. The summed E-state index contributed by atoms with van der Waals surface area (Å²) in [4.78, 5) is 2.93. The molecule has 2 heterocycles. The van der Waals surface area contributed by atoms with E-state index < -0.39 is 24.1 Å². The number of aliphatic hydroxyl groups is 2. The third-order valence-electron chi connectivity index (χ3n) is 8.30. The first kappa shape index (κ1) is 34.5. The molecule has 0 aromatic heterocycles. The molecule has 0 saturated carbocycles. The number of rotatable bonds is 24. The van der Waals surface area contributed by atoms with E-state index in [1.807, 2.05) is 30.3 Å². The molecular weight excluding hydrogens is 534 g/mol. The average molecular weight is 588 g/mol. The lowest BCUT2D eigenvalue weighted by atomic mass is 9.93. The van der Waals surface area contributed by atoms with Gasteiger partial charge in [0.1, 0.15) is 18.3 Å². The zero-order valence-corrected chi connectivity index (χ0v) is 25.4. The van der Waals surface area contributed by atoms with Crippen molar-refractivity contribution >= 4 is 0 Å². The second-order valence-corrected chi connectivity index (χ2v) is 11.9. The topological polar surface area (TPSA) is 126 Å². The van der Waals surface area contributed by atoms with Crippen molar-refractivity contribution in [3.8, 4) is 0 Å². The van der Waals surface area contributed by atoms with E-state index in [0.717, 1.165) is 31.2 Å². The van der Waals surface area contributed by atoms with Crippen LogP contribution >= 0.6 is 0 Å². The van der Waals surface area contributed by atoms with E-state index >= 15 is 0 Å². The summed E-state index contributed by atoms with van der Waals surface area (Å²) < 4.78 is 23.5. The van der Waals surface area contributed by atoms with Crippen LogP contribution in [-0.2, 0) is 25.6 Å². The molecule has 2 fully saturated rings. The summed E-state index contributed by atoms with van der Waals surface area (Å²) in [5.74, 6) is -0.760. The van der Waals surface area contributed by atoms with Crippen LogP contribution in [0.5, 0.6) is 0 Å². The van der Waals surface area contributed by atoms with Gasteiger partial charge >= 0.3 is 0 Å². The molecule has 236 valence electrons. The van der Waals surface area contributed by atoms with Crippen molar-refractivity contribution < 1.29 is 29.2 Å². The second kappa shape index (κ2) is 20.1. The third kappa shape index (κ3) is 12.3. The minimum absolute atomic E-state index is 0.296. The first-order valence-electron chi connectivity index (χ1n) is 16.1. The van der Waals surface area contributed by atoms with Crippen molar-refractivity contribution in [2.45, 2.75) is 139 Å². The van der Waals surface area contributed by atoms with E-state index in [1.165, 1.54) is 64.2 Å². The Labute approximate surface area is 252 Å². The lowest BCUT2D eigenvalue weighted by molar-refractivity contribution is -0.241. The highest BCUT2D eigenvalue weighted by Crippen LogP contribution is 2.43. The summed E-state index contributed by atoms with van der Waals surface area (Å²) in [6.45, 7) is 5.73. The largest absolute Gasteiger partial charge is 0.390 e. The molecule has 42 heavy (non-hydrogen) atoms. The van der Waals surface area contributed by atoms with Gasteiger partial charge < -0.3 is 29.2 Å². The normalized spacial score (nSPS) is 25.7. The molecule has 1 aromatic rings. The molecule has 9 heteroatoms. The van der Waals surface area contributed by atoms with Crippen LogP contribution in [0.1, 0.15) is 102 Å². The molecule has 3 rings (SSSR count). The number of azide groups is 1. The molecule has 2 N–H and O–H groups in total. The van der Waals surface area contributed by atoms with Crippen molar-refractivity contribution in [3.63, 3.8) is 0 Å². The van der Waals surface area contributed by atoms with Crippen molar-refractivity contribution in [2.24, 2.45) is 5.11 Å². The summed E-state index contributed by atoms with van der Waals surface area (Å²) in [6, 6.07) is 9.66. The Bertz CT molecular complexity index is 914. The van der Waals surface area contributed by atoms with E-state index in [9.17, 15) is 10.2 Å². The quantitative estimate of drug-likeness (QED) is 0.0435. The van der Waals surface area contributed by atoms with Crippen LogP contribution in [0.4, 0.5) is 0 Å². The van der Waals surface area contributed by atoms with Crippen LogP contribution in [0.15, 0.2) is 48.1 Å². The number of benzene rings is 1. The van der Waals surface area contributed by atoms with Crippen molar-refractivity contribution in [1.29, 1.82) is 0 Å². The summed E-state index contributed by atoms with van der Waals surface area (Å²) in [7, 11) is 0. The highest BCUT2D eigenvalue weighted by Gasteiger charge is 2.56. The Kier molecular flexibility index (Phi) is 16.5. The molecule has 9 nitrogen and oxygen atoms in total. The van der Waals surface area contributed by atoms with Crippen LogP contribution in [0.25, 0.3) is 10.4 Å². The lowest BCUT2D eigenvalue weighted by Gasteiger charge is -2.36. The van der Waals surface area contributed by atoms with E-state index in [-0.39, 0.29) is 12.1 Å². The standard InChI is InChI=1S/C33H53N3O6/c1-2-30-32-31(38)29(37)23-33(41-30,42-32)21-17-12-10-8-6-4-3-5-7-9-11-13-18-22-39-25-28(35-36-34)26-40-24-27-19-15-14-16-20-27/h2,14-16,19-20,28-32,37-38H,1,3-13,17-18,21-26H2/t28-,29-,30+,31+,32-,33-/m0/s1. The van der Waals surface area contributed by atoms with Crippen LogP contribution in [0.3, 0.4) is 0 Å². The van der Waals surface area contributed by atoms with Crippen LogP contribution in [0, 0.1) is 0 Å². The zero-order chi connectivity index (χ0) is 29.9. The second-order valence-electron chi connectivity index (χ2n) is 11.9. The first-order chi connectivity index (χ1) is 20.6. The molecule has 0 spiro atoms. The number of unbranched alkanes of at least 4 members (excludes halogenated alkanes) is 12. The summed E-state index contributed by atoms with van der Waals surface area (Å²) in [5, 5.41) is 24.1. The van der Waals surface area contributed by atoms with Gasteiger partial charge in [-0.3, -0.25) is 0 Å². The maximum atomic E-state index is 10.2. The molecule has 0 unspecified atom stereocenters. The molecule has 1 aromatic carbocycles. The minimum atomic E-state index is -0.906. The molecule has 6 atom stereocenters. The number of ether oxygens (including phenoxy) is 4. The highest BCUT2D eigenvalue weighted by atomic mass is 16.8. The fourth-order valence-electron chi connectivity index (χ4n) is 5.92. The van der Waals surface area contributed by atoms with E-state index in [0.29, 0.717) is 32.8 Å². The van der Waals surface area contributed by atoms with Crippen LogP contribution in [0.2, 0.25) is 0 Å². The Morgan fingerprint density at radius 1 is 0.905 bits per heavy atom. The first-order valence-corrected chi connectivity index (χ1v) is 16.1. The average Bonchev–Trinajstić information content (AvgIpc) is 3.32. The Balaban J connectivity index is 1.06. The fourth-order valence-corrected chi connectivity index (χ4v) is 5.92. The van der Waals surface area contributed by atoms with Gasteiger partial charge in [0.2, 0.25) is 0 Å². The maximum Gasteiger partial charge on any atom is 0.172 e. The summed E-state index contributed by atoms with van der Waals surface area (Å²) in [6.07, 6.45) is 16.0. The molecule has 0 aliphatic carbocycles. The van der Waals surface area contributed by atoms with Gasteiger partial charge in [0, 0.05) is 24.4 Å². The van der Waals surface area contributed by atoms with Gasteiger partial charge in [0.25, 0.3) is 0 Å². The molecule has 2 saturated heterocycles. The van der Waals surface area contributed by atoms with E-state index in [2.05, 4.69) is 16.6 Å². The number of hydrogen-bond donors (Lipinski definition) is 2. The molecule has 2 aliphatic rings. The monoisotopic (exact) mass is 587 g/mol. The highest BCUT2D eigenvalue weighted by molar-refractivity contribution is 5.13. The van der Waals surface area contributed by atoms with Gasteiger partial charge in [0.15, 0.2) is 5.79 Å². The van der Waals surface area contributed by atoms with E-state index in [4.69, 9.17) is 24.5 Å². The zero-order valence-electron chi connectivity index (χ0n) is 25.4. The van der Waals surface area contributed by atoms with Gasteiger partial charge in [-0.25, -0.2) is 0 Å². The number of hydrogen-bond acceptors (Lipinski definition) is 7. The lowest BCUT2D eigenvalue weighted by Crippen LogP contribution is -2.50. The molecular formula is C33H53N3O6.